The van der Waals surface area contributed by atoms with Crippen molar-refractivity contribution in [2.45, 2.75) is 70.7 Å². The van der Waals surface area contributed by atoms with Crippen LogP contribution in [0.25, 0.3) is 10.1 Å². The highest BCUT2D eigenvalue weighted by Crippen LogP contribution is 2.48. The van der Waals surface area contributed by atoms with Crippen molar-refractivity contribution in [2.24, 2.45) is 0 Å². The summed E-state index contributed by atoms with van der Waals surface area (Å²) in [6.45, 7) is 7.82. The molecule has 1 fully saturated rings. The number of ether oxygens (including phenoxy) is 2. The summed E-state index contributed by atoms with van der Waals surface area (Å²) in [5.74, 6) is 0.380. The van der Waals surface area contributed by atoms with E-state index in [1.165, 1.54) is 15.6 Å². The first kappa shape index (κ1) is 27.9. The number of esters is 1. The van der Waals surface area contributed by atoms with Crippen LogP contribution in [0, 0.1) is 6.92 Å². The van der Waals surface area contributed by atoms with Gasteiger partial charge in [-0.15, -0.1) is 16.9 Å². The van der Waals surface area contributed by atoms with Crippen LogP contribution in [0.15, 0.2) is 52.6 Å². The molecule has 1 saturated carbocycles. The first-order valence-electron chi connectivity index (χ1n) is 15.0. The van der Waals surface area contributed by atoms with E-state index in [0.29, 0.717) is 19.7 Å². The van der Waals surface area contributed by atoms with E-state index in [9.17, 15) is 9.59 Å². The van der Waals surface area contributed by atoms with Crippen LogP contribution in [-0.2, 0) is 22.6 Å². The molecule has 1 spiro atoms. The molecular weight excluding hydrogens is 562 g/mol. The molecule has 7 rings (SSSR count). The molecule has 3 N–H and O–H groups in total. The summed E-state index contributed by atoms with van der Waals surface area (Å²) in [7, 11) is 1.97. The first-order chi connectivity index (χ1) is 20.8. The van der Waals surface area contributed by atoms with Gasteiger partial charge in [-0.05, 0) is 90.9 Å². The van der Waals surface area contributed by atoms with Gasteiger partial charge in [0.15, 0.2) is 0 Å². The summed E-state index contributed by atoms with van der Waals surface area (Å²) in [4.78, 5) is 30.7. The Morgan fingerprint density at radius 2 is 2.05 bits per heavy atom. The number of H-pyrrole nitrogens is 1. The van der Waals surface area contributed by atoms with Gasteiger partial charge in [-0.3, -0.25) is 19.5 Å². The van der Waals surface area contributed by atoms with E-state index in [1.54, 1.807) is 17.4 Å². The first-order valence-corrected chi connectivity index (χ1v) is 15.8. The normalized spacial score (nSPS) is 19.3. The maximum atomic E-state index is 13.0. The Morgan fingerprint density at radius 1 is 1.21 bits per heavy atom. The van der Waals surface area contributed by atoms with E-state index in [2.05, 4.69) is 70.4 Å². The molecule has 1 unspecified atom stereocenters. The van der Waals surface area contributed by atoms with Crippen molar-refractivity contribution < 1.29 is 14.3 Å². The Balaban J connectivity index is 1.31. The highest BCUT2D eigenvalue weighted by atomic mass is 32.1. The van der Waals surface area contributed by atoms with Crippen molar-refractivity contribution in [1.29, 1.82) is 0 Å². The van der Waals surface area contributed by atoms with Crippen LogP contribution >= 0.6 is 11.3 Å². The third-order valence-electron chi connectivity index (χ3n) is 9.36. The Kier molecular flexibility index (Phi) is 6.95. The Labute approximate surface area is 254 Å². The average Bonchev–Trinajstić information content (AvgIpc) is 3.46. The van der Waals surface area contributed by atoms with E-state index >= 15 is 0 Å². The summed E-state index contributed by atoms with van der Waals surface area (Å²) < 4.78 is 13.2. The van der Waals surface area contributed by atoms with Crippen LogP contribution in [0.5, 0.6) is 5.75 Å². The number of carbonyl (C=O) groups is 1. The highest BCUT2D eigenvalue weighted by Gasteiger charge is 2.54. The fourth-order valence-corrected chi connectivity index (χ4v) is 7.66. The number of benzene rings is 2. The summed E-state index contributed by atoms with van der Waals surface area (Å²) in [5.41, 5.74) is 13.5. The fraction of sp³-hybridized carbons (Fsp3) is 0.394. The standard InChI is InChI=1S/C33H37N5O4S/c1-5-41-30(40)16-25(24-6-7-27-31(19(24)2)35-36-37(27)4)22-14-21-10-13-43-32(21)23(15-22)17-38-18-26-28(8-9-29(39)34-26)42-33(11-12-33)20(38)3/h6-10,13-15,20,25,35-36H,5,11-12,16-18H2,1-4H3,(H,34,39)/t20-,25?/m1/s1. The number of carbonyl (C=O) groups excluding carboxylic acids is 1. The lowest BCUT2D eigenvalue weighted by atomic mass is 9.84. The van der Waals surface area contributed by atoms with Crippen LogP contribution in [0.4, 0.5) is 11.4 Å². The van der Waals surface area contributed by atoms with Crippen LogP contribution in [-0.4, -0.2) is 41.2 Å². The number of nitrogens with one attached hydrogen (secondary N) is 3. The molecule has 0 amide bonds. The van der Waals surface area contributed by atoms with Crippen molar-refractivity contribution in [3.63, 3.8) is 0 Å². The Bertz CT molecular complexity index is 1780. The van der Waals surface area contributed by atoms with Gasteiger partial charge in [-0.2, -0.15) is 0 Å². The van der Waals surface area contributed by atoms with Crippen molar-refractivity contribution in [3.05, 3.63) is 86.1 Å². The predicted octanol–water partition coefficient (Wildman–Crippen LogP) is 5.58. The lowest BCUT2D eigenvalue weighted by Crippen LogP contribution is -2.43. The minimum atomic E-state index is -0.238. The van der Waals surface area contributed by atoms with Crippen LogP contribution < -0.4 is 26.3 Å². The third kappa shape index (κ3) is 4.97. The van der Waals surface area contributed by atoms with Gasteiger partial charge < -0.3 is 19.9 Å². The van der Waals surface area contributed by atoms with Gasteiger partial charge in [0.25, 0.3) is 0 Å². The van der Waals surface area contributed by atoms with E-state index in [1.807, 2.05) is 25.0 Å². The number of thiophene rings is 1. The molecule has 1 aliphatic carbocycles. The Hall–Kier alpha value is -3.86. The molecule has 43 heavy (non-hydrogen) atoms. The SMILES string of the molecule is CCOC(=O)CC(c1cc(CN2Cc3[nH]c(=O)ccc3OC3(CC3)[C@H]2C)c2sccc2c1)c1ccc2c(c1C)NNN2C. The van der Waals surface area contributed by atoms with E-state index < -0.39 is 0 Å². The van der Waals surface area contributed by atoms with Crippen LogP contribution in [0.3, 0.4) is 0 Å². The van der Waals surface area contributed by atoms with E-state index in [0.717, 1.165) is 52.4 Å². The Morgan fingerprint density at radius 3 is 2.84 bits per heavy atom. The number of hydrazine groups is 2. The monoisotopic (exact) mass is 599 g/mol. The van der Waals surface area contributed by atoms with Gasteiger partial charge in [0, 0.05) is 42.9 Å². The summed E-state index contributed by atoms with van der Waals surface area (Å²) in [6.07, 6.45) is 2.24. The molecule has 0 saturated heterocycles. The minimum absolute atomic E-state index is 0.119. The second kappa shape index (κ2) is 10.7. The molecule has 4 aromatic rings. The summed E-state index contributed by atoms with van der Waals surface area (Å²) >= 11 is 1.74. The molecule has 2 atom stereocenters. The number of anilines is 2. The second-order valence-electron chi connectivity index (χ2n) is 12.0. The summed E-state index contributed by atoms with van der Waals surface area (Å²) in [5, 5.41) is 5.25. The van der Waals surface area contributed by atoms with Crippen LogP contribution in [0.2, 0.25) is 0 Å². The summed E-state index contributed by atoms with van der Waals surface area (Å²) in [6, 6.07) is 14.4. The molecule has 0 radical (unpaired) electrons. The maximum Gasteiger partial charge on any atom is 0.306 e. The van der Waals surface area contributed by atoms with Crippen molar-refractivity contribution in [1.82, 2.24) is 15.4 Å². The fourth-order valence-electron chi connectivity index (χ4n) is 6.77. The number of rotatable bonds is 7. The van der Waals surface area contributed by atoms with Gasteiger partial charge in [-0.1, -0.05) is 12.1 Å². The molecule has 2 aromatic carbocycles. The number of hydrogen-bond acceptors (Lipinski definition) is 9. The van der Waals surface area contributed by atoms with Gasteiger partial charge >= 0.3 is 5.97 Å². The molecule has 0 bridgehead atoms. The maximum absolute atomic E-state index is 13.0. The largest absolute Gasteiger partial charge is 0.484 e. The number of aromatic amines is 1. The topological polar surface area (TPSA) is 98.9 Å². The van der Waals surface area contributed by atoms with Crippen molar-refractivity contribution in [3.8, 4) is 5.75 Å². The van der Waals surface area contributed by atoms with Gasteiger partial charge in [0.05, 0.1) is 30.1 Å². The number of aromatic nitrogens is 1. The average molecular weight is 600 g/mol. The molecule has 2 aliphatic heterocycles. The minimum Gasteiger partial charge on any atom is -0.484 e. The van der Waals surface area contributed by atoms with Gasteiger partial charge in [0.2, 0.25) is 5.56 Å². The quantitative estimate of drug-likeness (QED) is 0.237. The van der Waals surface area contributed by atoms with E-state index in [4.69, 9.17) is 9.47 Å². The number of fused-ring (bicyclic) bond motifs is 3. The van der Waals surface area contributed by atoms with Crippen molar-refractivity contribution >= 4 is 38.8 Å². The molecule has 224 valence electrons. The van der Waals surface area contributed by atoms with E-state index in [-0.39, 0.29) is 35.5 Å². The number of pyridine rings is 1. The number of hydrogen-bond donors (Lipinski definition) is 3. The lowest BCUT2D eigenvalue weighted by molar-refractivity contribution is -0.143. The zero-order valence-corrected chi connectivity index (χ0v) is 25.8. The predicted molar refractivity (Wildman–Crippen MR) is 170 cm³/mol. The molecule has 10 heteroatoms. The second-order valence-corrected chi connectivity index (χ2v) is 12.9. The third-order valence-corrected chi connectivity index (χ3v) is 10.4. The molecule has 3 aliphatic rings. The smallest absolute Gasteiger partial charge is 0.306 e. The molecule has 2 aromatic heterocycles. The molecule has 9 nitrogen and oxygen atoms in total. The zero-order chi connectivity index (χ0) is 29.9. The molecular formula is C33H37N5O4S. The highest BCUT2D eigenvalue weighted by molar-refractivity contribution is 7.17. The number of nitrogens with zero attached hydrogens (tertiary/aromatic N) is 2. The van der Waals surface area contributed by atoms with Crippen molar-refractivity contribution in [2.75, 3.05) is 24.1 Å². The molecule has 4 heterocycles. The van der Waals surface area contributed by atoms with Crippen LogP contribution in [0.1, 0.15) is 67.0 Å². The lowest BCUT2D eigenvalue weighted by Gasteiger charge is -2.32. The zero-order valence-electron chi connectivity index (χ0n) is 25.0. The van der Waals surface area contributed by atoms with Gasteiger partial charge in [-0.25, -0.2) is 0 Å². The van der Waals surface area contributed by atoms with Gasteiger partial charge in [0.1, 0.15) is 11.4 Å².